The van der Waals surface area contributed by atoms with Gasteiger partial charge in [-0.25, -0.2) is 0 Å². The molecule has 0 atom stereocenters. The van der Waals surface area contributed by atoms with Crippen molar-refractivity contribution in [2.75, 3.05) is 13.9 Å². The first-order chi connectivity index (χ1) is 8.19. The topological polar surface area (TPSA) is 18.5 Å². The highest BCUT2D eigenvalue weighted by molar-refractivity contribution is 5.41. The van der Waals surface area contributed by atoms with Gasteiger partial charge in [-0.1, -0.05) is 33.3 Å². The lowest BCUT2D eigenvalue weighted by molar-refractivity contribution is 0.0506. The van der Waals surface area contributed by atoms with Crippen molar-refractivity contribution in [2.45, 2.75) is 47.5 Å². The Labute approximate surface area is 106 Å². The lowest BCUT2D eigenvalue weighted by atomic mass is 10.0. The van der Waals surface area contributed by atoms with Crippen LogP contribution in [0.15, 0.2) is 12.1 Å². The predicted octanol–water partition coefficient (Wildman–Crippen LogP) is 4.26. The van der Waals surface area contributed by atoms with E-state index >= 15 is 0 Å². The largest absolute Gasteiger partial charge is 0.467 e. The number of benzene rings is 1. The molecule has 0 aliphatic rings. The molecule has 2 heteroatoms. The van der Waals surface area contributed by atoms with Gasteiger partial charge in [0.2, 0.25) is 0 Å². The summed E-state index contributed by atoms with van der Waals surface area (Å²) in [5, 5.41) is 0. The van der Waals surface area contributed by atoms with Crippen molar-refractivity contribution in [3.63, 3.8) is 0 Å². The molecule has 0 unspecified atom stereocenters. The van der Waals surface area contributed by atoms with E-state index in [0.717, 1.165) is 12.2 Å². The lowest BCUT2D eigenvalue weighted by Gasteiger charge is -2.12. The molecule has 0 radical (unpaired) electrons. The maximum atomic E-state index is 5.48. The molecule has 98 valence electrons. The summed E-state index contributed by atoms with van der Waals surface area (Å²) < 4.78 is 10.4. The second-order valence-corrected chi connectivity index (χ2v) is 3.85. The van der Waals surface area contributed by atoms with Crippen LogP contribution in [0.3, 0.4) is 0 Å². The van der Waals surface area contributed by atoms with E-state index in [4.69, 9.17) is 9.47 Å². The Morgan fingerprint density at radius 3 is 2.24 bits per heavy atom. The zero-order valence-corrected chi connectivity index (χ0v) is 12.1. The van der Waals surface area contributed by atoms with E-state index in [1.165, 1.54) is 23.1 Å². The number of hydrogen-bond acceptors (Lipinski definition) is 2. The van der Waals surface area contributed by atoms with Crippen LogP contribution in [0.5, 0.6) is 5.75 Å². The third kappa shape index (κ3) is 5.22. The van der Waals surface area contributed by atoms with E-state index in [0.29, 0.717) is 6.79 Å². The van der Waals surface area contributed by atoms with Gasteiger partial charge in [-0.2, -0.15) is 0 Å². The van der Waals surface area contributed by atoms with E-state index in [9.17, 15) is 0 Å². The molecule has 0 heterocycles. The third-order valence-corrected chi connectivity index (χ3v) is 2.49. The Balaban J connectivity index is 0.00000121. The first-order valence-electron chi connectivity index (χ1n) is 6.41. The van der Waals surface area contributed by atoms with Gasteiger partial charge in [0.05, 0.1) is 0 Å². The fourth-order valence-corrected chi connectivity index (χ4v) is 1.67. The fraction of sp³-hybridized carbons (Fsp3) is 0.600. The van der Waals surface area contributed by atoms with Crippen molar-refractivity contribution in [3.05, 3.63) is 28.8 Å². The summed E-state index contributed by atoms with van der Waals surface area (Å²) in [5.74, 6) is 0.925. The quantitative estimate of drug-likeness (QED) is 0.713. The molecule has 0 aromatic heterocycles. The van der Waals surface area contributed by atoms with Gasteiger partial charge in [-0.05, 0) is 43.0 Å². The molecule has 0 saturated carbocycles. The van der Waals surface area contributed by atoms with Crippen molar-refractivity contribution < 1.29 is 9.47 Å². The zero-order valence-electron chi connectivity index (χ0n) is 12.1. The van der Waals surface area contributed by atoms with Crippen LogP contribution in [-0.4, -0.2) is 13.9 Å². The molecule has 1 aromatic rings. The second-order valence-electron chi connectivity index (χ2n) is 3.85. The molecule has 1 aromatic carbocycles. The van der Waals surface area contributed by atoms with Crippen molar-refractivity contribution in [1.29, 1.82) is 0 Å². The monoisotopic (exact) mass is 238 g/mol. The van der Waals surface area contributed by atoms with Crippen molar-refractivity contribution in [1.82, 2.24) is 0 Å². The van der Waals surface area contributed by atoms with E-state index in [2.05, 4.69) is 32.9 Å². The SMILES string of the molecule is CC.CCCc1cc(C)c(OCOC)cc1C. The number of methoxy groups -OCH3 is 1. The molecule has 17 heavy (non-hydrogen) atoms. The molecule has 0 fully saturated rings. The predicted molar refractivity (Wildman–Crippen MR) is 73.8 cm³/mol. The molecule has 1 rings (SSSR count). The van der Waals surface area contributed by atoms with Gasteiger partial charge in [0.1, 0.15) is 5.75 Å². The van der Waals surface area contributed by atoms with Gasteiger partial charge in [0.25, 0.3) is 0 Å². The summed E-state index contributed by atoms with van der Waals surface area (Å²) in [7, 11) is 1.63. The first kappa shape index (κ1) is 16.0. The Kier molecular flexibility index (Phi) is 8.51. The van der Waals surface area contributed by atoms with Crippen molar-refractivity contribution in [2.24, 2.45) is 0 Å². The summed E-state index contributed by atoms with van der Waals surface area (Å²) in [5.41, 5.74) is 3.90. The van der Waals surface area contributed by atoms with Crippen LogP contribution in [0.25, 0.3) is 0 Å². The maximum Gasteiger partial charge on any atom is 0.188 e. The van der Waals surface area contributed by atoms with E-state index in [1.54, 1.807) is 7.11 Å². The van der Waals surface area contributed by atoms with Crippen LogP contribution in [0.4, 0.5) is 0 Å². The average molecular weight is 238 g/mol. The molecule has 0 amide bonds. The van der Waals surface area contributed by atoms with Crippen LogP contribution in [-0.2, 0) is 11.2 Å². The van der Waals surface area contributed by atoms with Gasteiger partial charge < -0.3 is 9.47 Å². The number of aryl methyl sites for hydroxylation is 3. The Morgan fingerprint density at radius 1 is 1.06 bits per heavy atom. The molecule has 2 nitrogen and oxygen atoms in total. The van der Waals surface area contributed by atoms with Crippen LogP contribution in [0.2, 0.25) is 0 Å². The maximum absolute atomic E-state index is 5.48. The molecular formula is C15H26O2. The van der Waals surface area contributed by atoms with Gasteiger partial charge in [-0.3, -0.25) is 0 Å². The summed E-state index contributed by atoms with van der Waals surface area (Å²) in [4.78, 5) is 0. The highest BCUT2D eigenvalue weighted by Gasteiger charge is 2.04. The van der Waals surface area contributed by atoms with Gasteiger partial charge in [0, 0.05) is 7.11 Å². The van der Waals surface area contributed by atoms with E-state index < -0.39 is 0 Å². The Morgan fingerprint density at radius 2 is 1.71 bits per heavy atom. The molecule has 0 saturated heterocycles. The van der Waals surface area contributed by atoms with Crippen LogP contribution >= 0.6 is 0 Å². The van der Waals surface area contributed by atoms with Crippen LogP contribution in [0.1, 0.15) is 43.9 Å². The second kappa shape index (κ2) is 9.06. The minimum atomic E-state index is 0.313. The molecule has 0 spiro atoms. The third-order valence-electron chi connectivity index (χ3n) is 2.49. The van der Waals surface area contributed by atoms with E-state index in [1.807, 2.05) is 13.8 Å². The molecule has 0 aliphatic heterocycles. The van der Waals surface area contributed by atoms with E-state index in [-0.39, 0.29) is 0 Å². The van der Waals surface area contributed by atoms with Gasteiger partial charge in [-0.15, -0.1) is 0 Å². The number of ether oxygens (including phenoxy) is 2. The standard InChI is InChI=1S/C13H20O2.C2H6/c1-5-6-12-7-11(3)13(8-10(12)2)15-9-14-4;1-2/h7-8H,5-6,9H2,1-4H3;1-2H3. The summed E-state index contributed by atoms with van der Waals surface area (Å²) >= 11 is 0. The zero-order chi connectivity index (χ0) is 13.3. The Hall–Kier alpha value is -1.02. The highest BCUT2D eigenvalue weighted by Crippen LogP contribution is 2.23. The molecular weight excluding hydrogens is 212 g/mol. The lowest BCUT2D eigenvalue weighted by Crippen LogP contribution is -2.02. The highest BCUT2D eigenvalue weighted by atomic mass is 16.7. The van der Waals surface area contributed by atoms with Crippen molar-refractivity contribution >= 4 is 0 Å². The number of rotatable bonds is 5. The minimum absolute atomic E-state index is 0.313. The molecule has 0 bridgehead atoms. The smallest absolute Gasteiger partial charge is 0.188 e. The summed E-state index contributed by atoms with van der Waals surface area (Å²) in [6, 6.07) is 4.31. The summed E-state index contributed by atoms with van der Waals surface area (Å²) in [6.45, 7) is 10.7. The minimum Gasteiger partial charge on any atom is -0.467 e. The Bertz CT molecular complexity index is 319. The van der Waals surface area contributed by atoms with Crippen LogP contribution < -0.4 is 4.74 Å². The number of hydrogen-bond donors (Lipinski definition) is 0. The van der Waals surface area contributed by atoms with Crippen LogP contribution in [0, 0.1) is 13.8 Å². The van der Waals surface area contributed by atoms with Gasteiger partial charge in [0.15, 0.2) is 6.79 Å². The van der Waals surface area contributed by atoms with Crippen molar-refractivity contribution in [3.8, 4) is 5.75 Å². The average Bonchev–Trinajstić information content (AvgIpc) is 2.34. The van der Waals surface area contributed by atoms with Gasteiger partial charge >= 0.3 is 0 Å². The molecule has 0 aliphatic carbocycles. The molecule has 0 N–H and O–H groups in total. The normalized spacial score (nSPS) is 9.53. The first-order valence-corrected chi connectivity index (χ1v) is 6.41. The fourth-order valence-electron chi connectivity index (χ4n) is 1.67. The summed E-state index contributed by atoms with van der Waals surface area (Å²) in [6.07, 6.45) is 2.32.